The van der Waals surface area contributed by atoms with Gasteiger partial charge >= 0.3 is 0 Å². The molecule has 0 atom stereocenters. The normalized spacial score (nSPS) is 11.9. The average molecular weight is 642 g/mol. The molecule has 1 aromatic heterocycles. The van der Waals surface area contributed by atoms with E-state index in [1.807, 2.05) is 60.7 Å². The minimum absolute atomic E-state index is 0.632. The molecular formula is C45H31N5. The molecule has 0 spiro atoms. The number of hydrogen-bond acceptors (Lipinski definition) is 5. The number of rotatable bonds is 6. The van der Waals surface area contributed by atoms with E-state index >= 15 is 0 Å². The molecule has 0 saturated heterocycles. The maximum absolute atomic E-state index is 4.99. The maximum atomic E-state index is 4.99. The Balaban J connectivity index is 1.19. The molecule has 0 amide bonds. The largest absolute Gasteiger partial charge is 0.306 e. The first-order chi connectivity index (χ1) is 24.8. The summed E-state index contributed by atoms with van der Waals surface area (Å²) in [4.78, 5) is 19.6. The van der Waals surface area contributed by atoms with Gasteiger partial charge in [-0.3, -0.25) is 0 Å². The van der Waals surface area contributed by atoms with E-state index in [-0.39, 0.29) is 0 Å². The van der Waals surface area contributed by atoms with Gasteiger partial charge in [0.25, 0.3) is 0 Å². The van der Waals surface area contributed by atoms with Crippen LogP contribution in [0.4, 0.5) is 34.1 Å². The first-order valence-electron chi connectivity index (χ1n) is 16.7. The highest BCUT2D eigenvalue weighted by molar-refractivity contribution is 6.02. The first-order valence-corrected chi connectivity index (χ1v) is 16.7. The van der Waals surface area contributed by atoms with Gasteiger partial charge < -0.3 is 9.80 Å². The van der Waals surface area contributed by atoms with Crippen LogP contribution in [0.3, 0.4) is 0 Å². The smallest absolute Gasteiger partial charge is 0.164 e. The summed E-state index contributed by atoms with van der Waals surface area (Å²) in [5.41, 5.74) is 11.7. The maximum Gasteiger partial charge on any atom is 0.164 e. The molecule has 236 valence electrons. The highest BCUT2D eigenvalue weighted by Crippen LogP contribution is 2.54. The fourth-order valence-corrected chi connectivity index (χ4v) is 6.66. The second-order valence-electron chi connectivity index (χ2n) is 12.2. The molecule has 1 aliphatic heterocycles. The van der Waals surface area contributed by atoms with Crippen molar-refractivity contribution in [3.8, 4) is 45.3 Å². The number of nitrogens with zero attached hydrogens (tertiary/aromatic N) is 5. The minimum atomic E-state index is 0.632. The predicted molar refractivity (Wildman–Crippen MR) is 204 cm³/mol. The summed E-state index contributed by atoms with van der Waals surface area (Å²) in [7, 11) is 0. The second-order valence-corrected chi connectivity index (χ2v) is 12.2. The average Bonchev–Trinajstić information content (AvgIpc) is 3.21. The molecule has 0 fully saturated rings. The summed E-state index contributed by atoms with van der Waals surface area (Å²) in [5, 5.41) is 0. The number of aromatic nitrogens is 3. The lowest BCUT2D eigenvalue weighted by Gasteiger charge is -2.40. The third-order valence-electron chi connectivity index (χ3n) is 9.00. The van der Waals surface area contributed by atoms with E-state index in [0.29, 0.717) is 17.5 Å². The lowest BCUT2D eigenvalue weighted by Crippen LogP contribution is -2.24. The predicted octanol–water partition coefficient (Wildman–Crippen LogP) is 11.8. The molecule has 0 aliphatic carbocycles. The van der Waals surface area contributed by atoms with Crippen LogP contribution in [-0.4, -0.2) is 15.0 Å². The van der Waals surface area contributed by atoms with Gasteiger partial charge in [0.05, 0.1) is 22.7 Å². The van der Waals surface area contributed by atoms with Crippen LogP contribution in [0.5, 0.6) is 0 Å². The van der Waals surface area contributed by atoms with Crippen LogP contribution < -0.4 is 9.80 Å². The lowest BCUT2D eigenvalue weighted by molar-refractivity contribution is 1.07. The van der Waals surface area contributed by atoms with Crippen LogP contribution >= 0.6 is 0 Å². The Labute approximate surface area is 291 Å². The number of fused-ring (bicyclic) bond motifs is 2. The molecule has 50 heavy (non-hydrogen) atoms. The molecule has 5 heteroatoms. The summed E-state index contributed by atoms with van der Waals surface area (Å²) < 4.78 is 0. The zero-order valence-corrected chi connectivity index (χ0v) is 27.1. The van der Waals surface area contributed by atoms with Crippen molar-refractivity contribution in [3.05, 3.63) is 188 Å². The molecule has 0 radical (unpaired) electrons. The molecule has 0 saturated carbocycles. The number of para-hydroxylation sites is 4. The third-order valence-corrected chi connectivity index (χ3v) is 9.00. The van der Waals surface area contributed by atoms with Crippen molar-refractivity contribution in [2.45, 2.75) is 0 Å². The highest BCUT2D eigenvalue weighted by Gasteiger charge is 2.30. The Morgan fingerprint density at radius 1 is 0.260 bits per heavy atom. The molecular weight excluding hydrogens is 611 g/mol. The van der Waals surface area contributed by atoms with Gasteiger partial charge in [-0.15, -0.1) is 0 Å². The van der Waals surface area contributed by atoms with Gasteiger partial charge in [0.2, 0.25) is 0 Å². The fraction of sp³-hybridized carbons (Fsp3) is 0. The van der Waals surface area contributed by atoms with Crippen molar-refractivity contribution in [1.29, 1.82) is 0 Å². The Kier molecular flexibility index (Phi) is 7.41. The molecule has 1 aliphatic rings. The van der Waals surface area contributed by atoms with E-state index < -0.39 is 0 Å². The van der Waals surface area contributed by atoms with Crippen molar-refractivity contribution >= 4 is 34.1 Å². The fourth-order valence-electron chi connectivity index (χ4n) is 6.66. The van der Waals surface area contributed by atoms with Gasteiger partial charge in [-0.1, -0.05) is 133 Å². The van der Waals surface area contributed by atoms with Crippen LogP contribution in [0.25, 0.3) is 45.3 Å². The molecule has 7 aromatic carbocycles. The van der Waals surface area contributed by atoms with E-state index in [1.165, 1.54) is 0 Å². The first kappa shape index (κ1) is 29.3. The number of benzene rings is 7. The lowest BCUT2D eigenvalue weighted by atomic mass is 9.98. The van der Waals surface area contributed by atoms with E-state index in [1.54, 1.807) is 0 Å². The Morgan fingerprint density at radius 2 is 0.640 bits per heavy atom. The molecule has 9 rings (SSSR count). The number of hydrogen-bond donors (Lipinski definition) is 0. The Bertz CT molecular complexity index is 2370. The van der Waals surface area contributed by atoms with Crippen molar-refractivity contribution in [2.24, 2.45) is 0 Å². The molecule has 5 nitrogen and oxygen atoms in total. The van der Waals surface area contributed by atoms with Gasteiger partial charge in [-0.25, -0.2) is 15.0 Å². The molecule has 0 N–H and O–H groups in total. The summed E-state index contributed by atoms with van der Waals surface area (Å²) in [6.07, 6.45) is 0. The van der Waals surface area contributed by atoms with Crippen molar-refractivity contribution in [3.63, 3.8) is 0 Å². The van der Waals surface area contributed by atoms with Gasteiger partial charge in [0, 0.05) is 28.1 Å². The van der Waals surface area contributed by atoms with E-state index in [0.717, 1.165) is 61.9 Å². The molecule has 0 unspecified atom stereocenters. The quantitative estimate of drug-likeness (QED) is 0.181. The monoisotopic (exact) mass is 641 g/mol. The van der Waals surface area contributed by atoms with E-state index in [2.05, 4.69) is 137 Å². The summed E-state index contributed by atoms with van der Waals surface area (Å²) in [5.74, 6) is 1.92. The van der Waals surface area contributed by atoms with Crippen molar-refractivity contribution in [2.75, 3.05) is 9.80 Å². The van der Waals surface area contributed by atoms with Gasteiger partial charge in [0.15, 0.2) is 17.5 Å². The molecule has 8 aromatic rings. The Hall–Kier alpha value is -6.85. The summed E-state index contributed by atoms with van der Waals surface area (Å²) >= 11 is 0. The topological polar surface area (TPSA) is 45.2 Å². The zero-order valence-electron chi connectivity index (χ0n) is 27.1. The molecule has 0 bridgehead atoms. The summed E-state index contributed by atoms with van der Waals surface area (Å²) in [6, 6.07) is 65.2. The van der Waals surface area contributed by atoms with Gasteiger partial charge in [-0.05, 0) is 65.7 Å². The van der Waals surface area contributed by atoms with Gasteiger partial charge in [-0.2, -0.15) is 0 Å². The third kappa shape index (κ3) is 5.37. The van der Waals surface area contributed by atoms with Crippen LogP contribution in [0.2, 0.25) is 0 Å². The zero-order chi connectivity index (χ0) is 33.3. The minimum Gasteiger partial charge on any atom is -0.306 e. The van der Waals surface area contributed by atoms with Crippen LogP contribution in [0.15, 0.2) is 188 Å². The van der Waals surface area contributed by atoms with Gasteiger partial charge in [0.1, 0.15) is 0 Å². The Morgan fingerprint density at radius 3 is 1.18 bits per heavy atom. The standard InChI is InChI=1S/C45H31N5/c1-5-16-32(17-6-1)43-46-44(33-18-7-2-8-19-33)48-45(47-43)36-21-15-20-34(30-36)35-28-29-41-42(31-35)50(38-24-11-4-12-25-38)40-27-14-13-26-39(40)49(41)37-22-9-3-10-23-37/h1-31H. The SMILES string of the molecule is c1ccc(-c2nc(-c3ccccc3)nc(-c3cccc(-c4ccc5c(c4)N(c4ccccc4)c4ccccc4N5c4ccccc4)c3)n2)cc1. The molecule has 2 heterocycles. The van der Waals surface area contributed by atoms with Crippen molar-refractivity contribution < 1.29 is 0 Å². The van der Waals surface area contributed by atoms with Crippen LogP contribution in [-0.2, 0) is 0 Å². The van der Waals surface area contributed by atoms with Crippen molar-refractivity contribution in [1.82, 2.24) is 15.0 Å². The number of anilines is 6. The van der Waals surface area contributed by atoms with E-state index in [9.17, 15) is 0 Å². The van der Waals surface area contributed by atoms with Crippen LogP contribution in [0, 0.1) is 0 Å². The van der Waals surface area contributed by atoms with E-state index in [4.69, 9.17) is 15.0 Å². The summed E-state index contributed by atoms with van der Waals surface area (Å²) in [6.45, 7) is 0. The second kappa shape index (κ2) is 12.6. The highest BCUT2D eigenvalue weighted by atomic mass is 15.3. The van der Waals surface area contributed by atoms with Crippen LogP contribution in [0.1, 0.15) is 0 Å².